The summed E-state index contributed by atoms with van der Waals surface area (Å²) < 4.78 is 0. The second-order valence-electron chi connectivity index (χ2n) is 10.2. The van der Waals surface area contributed by atoms with Crippen molar-refractivity contribution in [3.05, 3.63) is 47.1 Å². The average molecular weight is 359 g/mol. The number of rotatable bonds is 8. The van der Waals surface area contributed by atoms with Crippen molar-refractivity contribution in [2.45, 2.75) is 95.4 Å². The summed E-state index contributed by atoms with van der Waals surface area (Å²) in [6, 6.07) is 0. The number of allylic oxidation sites excluding steroid dienone is 8. The second kappa shape index (κ2) is 11.0. The van der Waals surface area contributed by atoms with E-state index in [1.54, 1.807) is 5.57 Å². The fraction of sp³-hybridized carbons (Fsp3) is 0.692. The normalized spacial score (nSPS) is 16.7. The Labute approximate surface area is 165 Å². The lowest BCUT2D eigenvalue weighted by atomic mass is 9.79. The molecule has 0 aromatic carbocycles. The molecule has 0 rings (SSSR count). The lowest BCUT2D eigenvalue weighted by Crippen LogP contribution is -2.12. The molecule has 150 valence electrons. The monoisotopic (exact) mass is 358 g/mol. The van der Waals surface area contributed by atoms with Crippen LogP contribution in [0.3, 0.4) is 0 Å². The molecule has 0 aliphatic rings. The van der Waals surface area contributed by atoms with E-state index in [2.05, 4.69) is 107 Å². The van der Waals surface area contributed by atoms with Gasteiger partial charge in [-0.2, -0.15) is 0 Å². The molecular weight excluding hydrogens is 312 g/mol. The third-order valence-corrected chi connectivity index (χ3v) is 4.93. The van der Waals surface area contributed by atoms with E-state index in [1.165, 1.54) is 30.4 Å². The smallest absolute Gasteiger partial charge is 0.00760 e. The Morgan fingerprint density at radius 3 is 1.81 bits per heavy atom. The van der Waals surface area contributed by atoms with Crippen molar-refractivity contribution in [1.82, 2.24) is 0 Å². The molecule has 1 unspecified atom stereocenters. The molecule has 0 saturated heterocycles. The van der Waals surface area contributed by atoms with Gasteiger partial charge in [0.05, 0.1) is 0 Å². The molecule has 0 heterocycles. The predicted molar refractivity (Wildman–Crippen MR) is 122 cm³/mol. The first kappa shape index (κ1) is 25.0. The van der Waals surface area contributed by atoms with E-state index < -0.39 is 0 Å². The highest BCUT2D eigenvalue weighted by molar-refractivity contribution is 5.36. The largest absolute Gasteiger partial charge is 0.0839 e. The van der Waals surface area contributed by atoms with Gasteiger partial charge in [-0.15, -0.1) is 0 Å². The third kappa shape index (κ3) is 10.2. The molecule has 0 spiro atoms. The standard InChI is InChI=1S/C26H46/c1-12-22(16-14-20(3)4)18-21(5)15-17-24(26(9,10)11)19-23(13-2)25(6,7)8/h13,15,17-21H,12,14,16H2,1-11H3/b17-15?,22-18+,23-13+,24-19+. The maximum Gasteiger partial charge on any atom is -0.00760 e. The molecule has 0 heteroatoms. The minimum atomic E-state index is 0.144. The van der Waals surface area contributed by atoms with Gasteiger partial charge >= 0.3 is 0 Å². The van der Waals surface area contributed by atoms with Crippen LogP contribution in [0.4, 0.5) is 0 Å². The van der Waals surface area contributed by atoms with Crippen molar-refractivity contribution in [2.24, 2.45) is 22.7 Å². The van der Waals surface area contributed by atoms with E-state index in [0.29, 0.717) is 5.92 Å². The van der Waals surface area contributed by atoms with Crippen LogP contribution in [0.1, 0.15) is 95.4 Å². The molecular formula is C26H46. The van der Waals surface area contributed by atoms with Crippen molar-refractivity contribution in [3.63, 3.8) is 0 Å². The van der Waals surface area contributed by atoms with Gasteiger partial charge < -0.3 is 0 Å². The topological polar surface area (TPSA) is 0 Å². The Morgan fingerprint density at radius 2 is 1.42 bits per heavy atom. The van der Waals surface area contributed by atoms with Crippen LogP contribution in [0.2, 0.25) is 0 Å². The van der Waals surface area contributed by atoms with Crippen LogP contribution in [-0.4, -0.2) is 0 Å². The molecule has 26 heavy (non-hydrogen) atoms. The molecule has 0 aliphatic carbocycles. The van der Waals surface area contributed by atoms with E-state index >= 15 is 0 Å². The molecule has 0 radical (unpaired) electrons. The van der Waals surface area contributed by atoms with Crippen molar-refractivity contribution >= 4 is 0 Å². The van der Waals surface area contributed by atoms with Crippen molar-refractivity contribution < 1.29 is 0 Å². The summed E-state index contributed by atoms with van der Waals surface area (Å²) in [4.78, 5) is 0. The van der Waals surface area contributed by atoms with Gasteiger partial charge in [-0.3, -0.25) is 0 Å². The van der Waals surface area contributed by atoms with Gasteiger partial charge in [-0.25, -0.2) is 0 Å². The summed E-state index contributed by atoms with van der Waals surface area (Å²) in [5.74, 6) is 1.26. The van der Waals surface area contributed by atoms with E-state index in [4.69, 9.17) is 0 Å². The lowest BCUT2D eigenvalue weighted by Gasteiger charge is -2.26. The minimum absolute atomic E-state index is 0.144. The molecule has 0 bridgehead atoms. The van der Waals surface area contributed by atoms with Gasteiger partial charge in [0.25, 0.3) is 0 Å². The van der Waals surface area contributed by atoms with Crippen LogP contribution < -0.4 is 0 Å². The molecule has 0 aromatic heterocycles. The highest BCUT2D eigenvalue weighted by Crippen LogP contribution is 2.33. The Balaban J connectivity index is 5.47. The molecule has 0 saturated carbocycles. The van der Waals surface area contributed by atoms with E-state index in [1.807, 2.05) is 0 Å². The fourth-order valence-electron chi connectivity index (χ4n) is 2.95. The highest BCUT2D eigenvalue weighted by atomic mass is 14.2. The fourth-order valence-corrected chi connectivity index (χ4v) is 2.95. The lowest BCUT2D eigenvalue weighted by molar-refractivity contribution is 0.497. The predicted octanol–water partition coefficient (Wildman–Crippen LogP) is 8.92. The van der Waals surface area contributed by atoms with Crippen molar-refractivity contribution in [2.75, 3.05) is 0 Å². The highest BCUT2D eigenvalue weighted by Gasteiger charge is 2.19. The zero-order chi connectivity index (χ0) is 20.5. The van der Waals surface area contributed by atoms with Gasteiger partial charge in [0.15, 0.2) is 0 Å². The number of hydrogen-bond acceptors (Lipinski definition) is 0. The summed E-state index contributed by atoms with van der Waals surface area (Å²) in [6.45, 7) is 25.1. The van der Waals surface area contributed by atoms with Gasteiger partial charge in [0, 0.05) is 0 Å². The van der Waals surface area contributed by atoms with Crippen LogP contribution in [0.5, 0.6) is 0 Å². The molecule has 0 nitrogen and oxygen atoms in total. The summed E-state index contributed by atoms with van der Waals surface area (Å²) in [6.07, 6.45) is 15.5. The van der Waals surface area contributed by atoms with Crippen LogP contribution in [-0.2, 0) is 0 Å². The Hall–Kier alpha value is -1.04. The average Bonchev–Trinajstić information content (AvgIpc) is 2.48. The maximum absolute atomic E-state index is 2.47. The zero-order valence-electron chi connectivity index (χ0n) is 19.7. The summed E-state index contributed by atoms with van der Waals surface area (Å²) in [7, 11) is 0. The number of hydrogen-bond donors (Lipinski definition) is 0. The van der Waals surface area contributed by atoms with Gasteiger partial charge in [-0.1, -0.05) is 105 Å². The van der Waals surface area contributed by atoms with Gasteiger partial charge in [-0.05, 0) is 60.0 Å². The quantitative estimate of drug-likeness (QED) is 0.300. The Morgan fingerprint density at radius 1 is 0.885 bits per heavy atom. The first-order valence-corrected chi connectivity index (χ1v) is 10.6. The summed E-state index contributed by atoms with van der Waals surface area (Å²) in [5, 5.41) is 0. The maximum atomic E-state index is 2.47. The van der Waals surface area contributed by atoms with Crippen molar-refractivity contribution in [1.29, 1.82) is 0 Å². The Kier molecular flexibility index (Phi) is 10.5. The molecule has 0 aromatic rings. The first-order chi connectivity index (χ1) is 11.8. The molecule has 1 atom stereocenters. The van der Waals surface area contributed by atoms with Gasteiger partial charge in [0.1, 0.15) is 0 Å². The summed E-state index contributed by atoms with van der Waals surface area (Å²) in [5.41, 5.74) is 4.73. The molecule has 0 aliphatic heterocycles. The van der Waals surface area contributed by atoms with E-state index in [0.717, 1.165) is 5.92 Å². The zero-order valence-corrected chi connectivity index (χ0v) is 19.7. The summed E-state index contributed by atoms with van der Waals surface area (Å²) >= 11 is 0. The van der Waals surface area contributed by atoms with Gasteiger partial charge in [0.2, 0.25) is 0 Å². The molecule has 0 fully saturated rings. The third-order valence-electron chi connectivity index (χ3n) is 4.93. The first-order valence-electron chi connectivity index (χ1n) is 10.6. The molecule has 0 amide bonds. The van der Waals surface area contributed by atoms with Crippen LogP contribution >= 0.6 is 0 Å². The SMILES string of the molecule is C/C=C(\C=C(/C=CC(C)/C=C(\CC)CCC(C)C)C(C)(C)C)C(C)(C)C. The molecule has 0 N–H and O–H groups in total. The van der Waals surface area contributed by atoms with Crippen molar-refractivity contribution in [3.8, 4) is 0 Å². The van der Waals surface area contributed by atoms with Crippen LogP contribution in [0.15, 0.2) is 47.1 Å². The van der Waals surface area contributed by atoms with Crippen LogP contribution in [0, 0.1) is 22.7 Å². The minimum Gasteiger partial charge on any atom is -0.0839 e. The van der Waals surface area contributed by atoms with E-state index in [9.17, 15) is 0 Å². The van der Waals surface area contributed by atoms with E-state index in [-0.39, 0.29) is 10.8 Å². The Bertz CT molecular complexity index is 521. The van der Waals surface area contributed by atoms with Crippen LogP contribution in [0.25, 0.3) is 0 Å². The second-order valence-corrected chi connectivity index (χ2v) is 10.2.